The highest BCUT2D eigenvalue weighted by molar-refractivity contribution is 5.48. The zero-order chi connectivity index (χ0) is 17.1. The van der Waals surface area contributed by atoms with Crippen molar-refractivity contribution in [2.75, 3.05) is 38.3 Å². The summed E-state index contributed by atoms with van der Waals surface area (Å²) in [6, 6.07) is 0. The third-order valence-electron chi connectivity index (χ3n) is 4.20. The van der Waals surface area contributed by atoms with Gasteiger partial charge in [0.25, 0.3) is 0 Å². The van der Waals surface area contributed by atoms with Gasteiger partial charge in [-0.15, -0.1) is 5.10 Å². The lowest BCUT2D eigenvalue weighted by atomic mass is 10.2. The van der Waals surface area contributed by atoms with E-state index in [1.165, 1.54) is 0 Å². The Morgan fingerprint density at radius 2 is 2.08 bits per heavy atom. The predicted molar refractivity (Wildman–Crippen MR) is 86.8 cm³/mol. The van der Waals surface area contributed by atoms with Crippen LogP contribution in [0, 0.1) is 20.8 Å². The summed E-state index contributed by atoms with van der Waals surface area (Å²) >= 11 is 0. The van der Waals surface area contributed by atoms with Gasteiger partial charge in [0.2, 0.25) is 0 Å². The van der Waals surface area contributed by atoms with Gasteiger partial charge in [-0.25, -0.2) is 14.6 Å². The molecule has 0 amide bonds. The van der Waals surface area contributed by atoms with Gasteiger partial charge in [0, 0.05) is 24.9 Å². The Kier molecular flexibility index (Phi) is 5.00. The van der Waals surface area contributed by atoms with Crippen molar-refractivity contribution in [2.24, 2.45) is 0 Å². The highest BCUT2D eigenvalue weighted by atomic mass is 16.5. The zero-order valence-corrected chi connectivity index (χ0v) is 14.6. The maximum absolute atomic E-state index is 5.91. The summed E-state index contributed by atoms with van der Waals surface area (Å²) in [5.41, 5.74) is 2.10. The number of rotatable bonds is 5. The van der Waals surface area contributed by atoms with Crippen molar-refractivity contribution < 1.29 is 9.47 Å². The molecular weight excluding hydrogens is 310 g/mol. The number of nitrogens with zero attached hydrogens (tertiary/aromatic N) is 7. The first-order chi connectivity index (χ1) is 11.6. The Morgan fingerprint density at radius 3 is 2.88 bits per heavy atom. The van der Waals surface area contributed by atoms with Crippen LogP contribution in [0.4, 0.5) is 5.82 Å². The van der Waals surface area contributed by atoms with Crippen LogP contribution in [0.15, 0.2) is 0 Å². The van der Waals surface area contributed by atoms with Gasteiger partial charge in [0.05, 0.1) is 26.3 Å². The van der Waals surface area contributed by atoms with Crippen molar-refractivity contribution in [3.8, 4) is 0 Å². The van der Waals surface area contributed by atoms with Crippen LogP contribution in [0.3, 0.4) is 0 Å². The van der Waals surface area contributed by atoms with E-state index < -0.39 is 0 Å². The topological polar surface area (TPSA) is 91.1 Å². The molecule has 0 aliphatic carbocycles. The maximum atomic E-state index is 5.91. The second kappa shape index (κ2) is 7.18. The number of ether oxygens (including phenoxy) is 2. The molecule has 0 N–H and O–H groups in total. The fourth-order valence-electron chi connectivity index (χ4n) is 2.84. The number of aryl methyl sites for hydroxylation is 2. The molecular formula is C15H23N7O2. The molecule has 9 heteroatoms. The summed E-state index contributed by atoms with van der Waals surface area (Å²) in [5, 5.41) is 11.9. The third kappa shape index (κ3) is 3.36. The second-order valence-electron chi connectivity index (χ2n) is 5.86. The van der Waals surface area contributed by atoms with Gasteiger partial charge in [-0.3, -0.25) is 0 Å². The molecule has 2 aromatic rings. The molecule has 1 atom stereocenters. The van der Waals surface area contributed by atoms with Crippen molar-refractivity contribution in [2.45, 2.75) is 33.4 Å². The summed E-state index contributed by atoms with van der Waals surface area (Å²) in [6.07, 6.45) is -0.194. The zero-order valence-electron chi connectivity index (χ0n) is 14.6. The highest BCUT2D eigenvalue weighted by Crippen LogP contribution is 2.26. The lowest BCUT2D eigenvalue weighted by Crippen LogP contribution is -2.40. The van der Waals surface area contributed by atoms with Gasteiger partial charge in [-0.2, -0.15) is 0 Å². The van der Waals surface area contributed by atoms with E-state index in [1.54, 1.807) is 11.8 Å². The first-order valence-electron chi connectivity index (χ1n) is 8.03. The largest absolute Gasteiger partial charge is 0.383 e. The predicted octanol–water partition coefficient (Wildman–Crippen LogP) is 0.613. The van der Waals surface area contributed by atoms with Gasteiger partial charge in [0.1, 0.15) is 17.7 Å². The highest BCUT2D eigenvalue weighted by Gasteiger charge is 2.28. The van der Waals surface area contributed by atoms with E-state index in [1.807, 2.05) is 13.8 Å². The molecule has 9 nitrogen and oxygen atoms in total. The maximum Gasteiger partial charge on any atom is 0.182 e. The molecule has 130 valence electrons. The minimum absolute atomic E-state index is 0.194. The number of anilines is 1. The molecule has 0 bridgehead atoms. The molecule has 1 aliphatic rings. The smallest absolute Gasteiger partial charge is 0.182 e. The van der Waals surface area contributed by atoms with E-state index in [2.05, 4.69) is 37.3 Å². The van der Waals surface area contributed by atoms with Crippen LogP contribution >= 0.6 is 0 Å². The van der Waals surface area contributed by atoms with Crippen LogP contribution in [-0.2, 0) is 16.0 Å². The Bertz CT molecular complexity index is 703. The number of methoxy groups -OCH3 is 1. The van der Waals surface area contributed by atoms with Crippen LogP contribution in [0.5, 0.6) is 0 Å². The third-order valence-corrected chi connectivity index (χ3v) is 4.20. The Morgan fingerprint density at radius 1 is 1.25 bits per heavy atom. The average Bonchev–Trinajstić information content (AvgIpc) is 3.05. The molecule has 3 rings (SSSR count). The van der Waals surface area contributed by atoms with Crippen LogP contribution in [0.25, 0.3) is 0 Å². The summed E-state index contributed by atoms with van der Waals surface area (Å²) in [4.78, 5) is 11.3. The van der Waals surface area contributed by atoms with Gasteiger partial charge >= 0.3 is 0 Å². The van der Waals surface area contributed by atoms with E-state index in [4.69, 9.17) is 9.47 Å². The fraction of sp³-hybridized carbons (Fsp3) is 0.667. The molecule has 24 heavy (non-hydrogen) atoms. The lowest BCUT2D eigenvalue weighted by Gasteiger charge is -2.34. The van der Waals surface area contributed by atoms with Crippen LogP contribution < -0.4 is 4.90 Å². The minimum Gasteiger partial charge on any atom is -0.383 e. The van der Waals surface area contributed by atoms with E-state index in [0.29, 0.717) is 26.3 Å². The summed E-state index contributed by atoms with van der Waals surface area (Å²) in [6.45, 7) is 9.18. The van der Waals surface area contributed by atoms with Crippen LogP contribution in [0.1, 0.15) is 29.0 Å². The summed E-state index contributed by atoms with van der Waals surface area (Å²) < 4.78 is 12.7. The normalized spacial score (nSPS) is 18.2. The minimum atomic E-state index is -0.194. The first kappa shape index (κ1) is 16.7. The van der Waals surface area contributed by atoms with Crippen LogP contribution in [-0.4, -0.2) is 63.6 Å². The van der Waals surface area contributed by atoms with Crippen LogP contribution in [0.2, 0.25) is 0 Å². The van der Waals surface area contributed by atoms with Gasteiger partial charge < -0.3 is 14.4 Å². The van der Waals surface area contributed by atoms with Gasteiger partial charge in [-0.1, -0.05) is 0 Å². The molecule has 2 aromatic heterocycles. The summed E-state index contributed by atoms with van der Waals surface area (Å²) in [5.74, 6) is 2.46. The van der Waals surface area contributed by atoms with E-state index >= 15 is 0 Å². The Balaban J connectivity index is 1.82. The standard InChI is InChI=1S/C15H23N7O2/c1-10-11(2)16-12(3)17-14(10)21-5-8-24-13(9-21)15-18-19-20-22(15)6-7-23-4/h13H,5-9H2,1-4H3. The molecule has 3 heterocycles. The van der Waals surface area contributed by atoms with Gasteiger partial charge in [-0.05, 0) is 31.2 Å². The molecule has 0 spiro atoms. The summed E-state index contributed by atoms with van der Waals surface area (Å²) in [7, 11) is 1.66. The monoisotopic (exact) mass is 333 g/mol. The quantitative estimate of drug-likeness (QED) is 0.786. The second-order valence-corrected chi connectivity index (χ2v) is 5.86. The number of aromatic nitrogens is 6. The molecule has 1 fully saturated rings. The average molecular weight is 333 g/mol. The van der Waals surface area contributed by atoms with Crippen molar-refractivity contribution in [1.29, 1.82) is 0 Å². The van der Waals surface area contributed by atoms with Crippen molar-refractivity contribution in [3.63, 3.8) is 0 Å². The van der Waals surface area contributed by atoms with Crippen molar-refractivity contribution in [3.05, 3.63) is 22.9 Å². The number of morpholine rings is 1. The number of tetrazole rings is 1. The van der Waals surface area contributed by atoms with E-state index in [0.717, 1.165) is 35.3 Å². The number of hydrogen-bond acceptors (Lipinski definition) is 8. The first-order valence-corrected chi connectivity index (χ1v) is 8.03. The van der Waals surface area contributed by atoms with Crippen molar-refractivity contribution >= 4 is 5.82 Å². The van der Waals surface area contributed by atoms with Gasteiger partial charge in [0.15, 0.2) is 5.82 Å². The fourth-order valence-corrected chi connectivity index (χ4v) is 2.84. The lowest BCUT2D eigenvalue weighted by molar-refractivity contribution is 0.0297. The molecule has 0 radical (unpaired) electrons. The molecule has 1 unspecified atom stereocenters. The van der Waals surface area contributed by atoms with E-state index in [9.17, 15) is 0 Å². The number of hydrogen-bond donors (Lipinski definition) is 0. The Hall–Kier alpha value is -2.13. The molecule has 1 saturated heterocycles. The van der Waals surface area contributed by atoms with E-state index in [-0.39, 0.29) is 6.10 Å². The molecule has 0 aromatic carbocycles. The molecule has 1 aliphatic heterocycles. The molecule has 0 saturated carbocycles. The SMILES string of the molecule is COCCn1nnnc1C1CN(c2nc(C)nc(C)c2C)CCO1. The van der Waals surface area contributed by atoms with Crippen molar-refractivity contribution in [1.82, 2.24) is 30.2 Å². The Labute approximate surface area is 141 Å².